The van der Waals surface area contributed by atoms with Crippen molar-refractivity contribution in [3.63, 3.8) is 0 Å². The van der Waals surface area contributed by atoms with Gasteiger partial charge >= 0.3 is 27.6 Å². The van der Waals surface area contributed by atoms with Gasteiger partial charge < -0.3 is 34.4 Å². The summed E-state index contributed by atoms with van der Waals surface area (Å²) in [6.45, 7) is 1.28. The number of hydrogen-bond acceptors (Lipinski definition) is 11. The minimum absolute atomic E-state index is 0.0756. The predicted octanol–water partition coefficient (Wildman–Crippen LogP) is 10.1. The molecule has 0 aromatic carbocycles. The predicted molar refractivity (Wildman–Crippen MR) is 245 cm³/mol. The first-order valence-corrected chi connectivity index (χ1v) is 24.7. The molecular formula is C46H74O14P2. The summed E-state index contributed by atoms with van der Waals surface area (Å²) in [5.74, 6) is -1.16. The van der Waals surface area contributed by atoms with Crippen LogP contribution < -0.4 is 0 Å². The van der Waals surface area contributed by atoms with Gasteiger partial charge in [-0.15, -0.1) is 0 Å². The number of unbranched alkanes of at least 4 members (excludes halogenated alkanes) is 5. The monoisotopic (exact) mass is 912 g/mol. The highest BCUT2D eigenvalue weighted by Crippen LogP contribution is 2.43. The van der Waals surface area contributed by atoms with Crippen LogP contribution in [0.3, 0.4) is 0 Å². The third kappa shape index (κ3) is 43.4. The quantitative estimate of drug-likeness (QED) is 0.0128. The highest BCUT2D eigenvalue weighted by atomic mass is 31.2. The van der Waals surface area contributed by atoms with Crippen molar-refractivity contribution in [2.45, 2.75) is 141 Å². The van der Waals surface area contributed by atoms with Gasteiger partial charge in [-0.05, 0) is 83.5 Å². The second kappa shape index (κ2) is 40.5. The lowest BCUT2D eigenvalue weighted by molar-refractivity contribution is -0.161. The summed E-state index contributed by atoms with van der Waals surface area (Å²) >= 11 is 0. The van der Waals surface area contributed by atoms with E-state index >= 15 is 0 Å². The van der Waals surface area contributed by atoms with Crippen LogP contribution in [-0.2, 0) is 41.8 Å². The molecule has 0 aliphatic rings. The Labute approximate surface area is 370 Å². The van der Waals surface area contributed by atoms with Crippen LogP contribution in [0.4, 0.5) is 0 Å². The van der Waals surface area contributed by atoms with Crippen molar-refractivity contribution < 1.29 is 66.7 Å². The van der Waals surface area contributed by atoms with E-state index < -0.39 is 72.3 Å². The molecule has 4 atom stereocenters. The highest BCUT2D eigenvalue weighted by molar-refractivity contribution is 7.47. The van der Waals surface area contributed by atoms with Crippen LogP contribution in [0.25, 0.3) is 0 Å². The van der Waals surface area contributed by atoms with Gasteiger partial charge in [0, 0.05) is 12.8 Å². The van der Waals surface area contributed by atoms with Crippen molar-refractivity contribution >= 4 is 27.6 Å². The second-order valence-corrected chi connectivity index (χ2v) is 16.7. The lowest BCUT2D eigenvalue weighted by atomic mass is 10.1. The van der Waals surface area contributed by atoms with E-state index in [-0.39, 0.29) is 12.8 Å². The smallest absolute Gasteiger partial charge is 0.462 e. The van der Waals surface area contributed by atoms with Gasteiger partial charge in [-0.1, -0.05) is 136 Å². The number of aliphatic hydroxyl groups excluding tert-OH is 2. The summed E-state index contributed by atoms with van der Waals surface area (Å²) in [4.78, 5) is 52.7. The number of phosphoric acid groups is 2. The summed E-state index contributed by atoms with van der Waals surface area (Å²) in [6, 6.07) is 0. The van der Waals surface area contributed by atoms with Crippen LogP contribution in [0.5, 0.6) is 0 Å². The van der Waals surface area contributed by atoms with Gasteiger partial charge in [0.15, 0.2) is 6.10 Å². The summed E-state index contributed by atoms with van der Waals surface area (Å²) < 4.78 is 47.7. The molecule has 5 N–H and O–H groups in total. The van der Waals surface area contributed by atoms with Gasteiger partial charge in [0.1, 0.15) is 12.7 Å². The van der Waals surface area contributed by atoms with Crippen molar-refractivity contribution in [2.24, 2.45) is 0 Å². The first-order valence-electron chi connectivity index (χ1n) is 21.7. The molecule has 0 aliphatic carbocycles. The van der Waals surface area contributed by atoms with Gasteiger partial charge in [-0.3, -0.25) is 23.2 Å². The van der Waals surface area contributed by atoms with E-state index in [9.17, 15) is 33.8 Å². The Morgan fingerprint density at radius 1 is 0.532 bits per heavy atom. The van der Waals surface area contributed by atoms with E-state index in [4.69, 9.17) is 23.8 Å². The number of hydrogen-bond donors (Lipinski definition) is 5. The Kier molecular flexibility index (Phi) is 38.4. The number of ether oxygens (including phenoxy) is 2. The third-order valence-corrected chi connectivity index (χ3v) is 9.66. The maximum atomic E-state index is 12.7. The number of carbonyl (C=O) groups is 2. The molecule has 16 heteroatoms. The molecule has 352 valence electrons. The molecule has 62 heavy (non-hydrogen) atoms. The summed E-state index contributed by atoms with van der Waals surface area (Å²) in [5.41, 5.74) is 0. The SMILES string of the molecule is CC/C=C\C/C=C\C/C=C\C/C=C\CCCCCCC(=O)O[C@H](COC(=O)CCC/C=C\C/C=C\C/C=C\C=C\CC(O)/C=C\CC)COP(=O)(O)OC[C@@H](O)COP(=O)(O)O. The minimum Gasteiger partial charge on any atom is -0.462 e. The lowest BCUT2D eigenvalue weighted by Crippen LogP contribution is -2.30. The van der Waals surface area contributed by atoms with Crippen LogP contribution in [0, 0.1) is 0 Å². The van der Waals surface area contributed by atoms with Crippen LogP contribution >= 0.6 is 15.6 Å². The van der Waals surface area contributed by atoms with Crippen molar-refractivity contribution in [2.75, 3.05) is 26.4 Å². The molecule has 0 saturated carbocycles. The van der Waals surface area contributed by atoms with Gasteiger partial charge in [-0.2, -0.15) is 0 Å². The number of rotatable bonds is 39. The summed E-state index contributed by atoms with van der Waals surface area (Å²) in [7, 11) is -9.73. The molecule has 0 aromatic rings. The number of esters is 2. The molecule has 0 spiro atoms. The maximum Gasteiger partial charge on any atom is 0.472 e. The van der Waals surface area contributed by atoms with Crippen LogP contribution in [0.1, 0.15) is 123 Å². The van der Waals surface area contributed by atoms with Crippen molar-refractivity contribution in [1.29, 1.82) is 0 Å². The van der Waals surface area contributed by atoms with E-state index in [1.807, 2.05) is 61.6 Å². The number of allylic oxidation sites excluding steroid dienone is 16. The average Bonchev–Trinajstić information content (AvgIpc) is 3.23. The zero-order chi connectivity index (χ0) is 46.0. The molecule has 0 fully saturated rings. The number of aliphatic hydroxyl groups is 2. The lowest BCUT2D eigenvalue weighted by Gasteiger charge is -2.20. The number of carbonyl (C=O) groups excluding carboxylic acids is 2. The molecule has 0 radical (unpaired) electrons. The van der Waals surface area contributed by atoms with E-state index in [2.05, 4.69) is 64.6 Å². The Morgan fingerprint density at radius 3 is 1.65 bits per heavy atom. The molecule has 0 aromatic heterocycles. The van der Waals surface area contributed by atoms with E-state index in [1.165, 1.54) is 0 Å². The van der Waals surface area contributed by atoms with Gasteiger partial charge in [0.2, 0.25) is 0 Å². The molecule has 0 heterocycles. The van der Waals surface area contributed by atoms with Gasteiger partial charge in [0.25, 0.3) is 0 Å². The summed E-state index contributed by atoms with van der Waals surface area (Å²) in [6.07, 6.45) is 45.7. The summed E-state index contributed by atoms with van der Waals surface area (Å²) in [5, 5.41) is 19.5. The highest BCUT2D eigenvalue weighted by Gasteiger charge is 2.28. The number of phosphoric ester groups is 2. The first kappa shape index (κ1) is 58.7. The Morgan fingerprint density at radius 2 is 1.03 bits per heavy atom. The molecular weight excluding hydrogens is 838 g/mol. The van der Waals surface area contributed by atoms with E-state index in [0.29, 0.717) is 25.7 Å². The molecule has 2 unspecified atom stereocenters. The van der Waals surface area contributed by atoms with E-state index in [1.54, 1.807) is 6.08 Å². The maximum absolute atomic E-state index is 12.7. The van der Waals surface area contributed by atoms with Crippen molar-refractivity contribution in [3.8, 4) is 0 Å². The van der Waals surface area contributed by atoms with E-state index in [0.717, 1.165) is 70.6 Å². The normalized spacial score (nSPS) is 15.5. The second-order valence-electron chi connectivity index (χ2n) is 14.1. The molecule has 0 rings (SSSR count). The minimum atomic E-state index is -4.88. The third-order valence-electron chi connectivity index (χ3n) is 8.22. The molecule has 0 bridgehead atoms. The average molecular weight is 913 g/mol. The molecule has 0 saturated heterocycles. The van der Waals surface area contributed by atoms with Gasteiger partial charge in [0.05, 0.1) is 25.9 Å². The van der Waals surface area contributed by atoms with Gasteiger partial charge in [-0.25, -0.2) is 9.13 Å². The Hall–Kier alpha value is -3.26. The van der Waals surface area contributed by atoms with Crippen molar-refractivity contribution in [1.82, 2.24) is 0 Å². The zero-order valence-electron chi connectivity index (χ0n) is 36.8. The first-order chi connectivity index (χ1) is 29.8. The Balaban J connectivity index is 4.71. The van der Waals surface area contributed by atoms with Crippen LogP contribution in [0.15, 0.2) is 109 Å². The standard InChI is InChI=1S/C46H74O14P2/c1-3-5-7-8-9-10-11-12-13-14-15-16-21-24-27-30-33-37-46(50)60-44(41-59-62(54,55)58-39-43(48)38-57-61(51,52)53)40-56-45(49)36-32-29-26-23-20-18-17-19-22-25-28-31-35-42(47)34-6-4-2/h5-7,9-10,12-13,15-18,22-23,25-26,28,31,34,42-44,47-48H,3-4,8,11,14,19-21,24,27,29-30,32-33,35-41H2,1-2H3,(H,54,55)(H2,51,52,53)/b7-5-,10-9-,13-12-,16-15-,18-17-,25-22-,26-23-,31-28+,34-6-/t42?,43-,44+/m0/s1. The molecule has 14 nitrogen and oxygen atoms in total. The fourth-order valence-corrected chi connectivity index (χ4v) is 6.14. The molecule has 0 amide bonds. The topological polar surface area (TPSA) is 216 Å². The fourth-order valence-electron chi connectivity index (χ4n) is 4.98. The van der Waals surface area contributed by atoms with Crippen LogP contribution in [0.2, 0.25) is 0 Å². The van der Waals surface area contributed by atoms with Crippen LogP contribution in [-0.4, -0.2) is 81.6 Å². The fraction of sp³-hybridized carbons (Fsp3) is 0.565. The molecule has 0 aliphatic heterocycles. The Bertz CT molecular complexity index is 1520. The largest absolute Gasteiger partial charge is 0.472 e. The van der Waals surface area contributed by atoms with Crippen molar-refractivity contribution in [3.05, 3.63) is 109 Å². The zero-order valence-corrected chi connectivity index (χ0v) is 38.6.